The summed E-state index contributed by atoms with van der Waals surface area (Å²) >= 11 is 1.35. The lowest BCUT2D eigenvalue weighted by Gasteiger charge is -2.15. The Kier molecular flexibility index (Phi) is 5.81. The number of hydrogen-bond acceptors (Lipinski definition) is 5. The van der Waals surface area contributed by atoms with E-state index in [1.807, 2.05) is 12.3 Å². The van der Waals surface area contributed by atoms with Gasteiger partial charge in [0.1, 0.15) is 6.07 Å². The van der Waals surface area contributed by atoms with Crippen LogP contribution < -0.4 is 0 Å². The van der Waals surface area contributed by atoms with Crippen LogP contribution in [0, 0.1) is 11.3 Å². The van der Waals surface area contributed by atoms with Gasteiger partial charge in [-0.05, 0) is 13.2 Å². The van der Waals surface area contributed by atoms with Crippen LogP contribution >= 0.6 is 11.8 Å². The van der Waals surface area contributed by atoms with Crippen LogP contribution in [0.2, 0.25) is 0 Å². The summed E-state index contributed by atoms with van der Waals surface area (Å²) in [5.41, 5.74) is 0.0596. The van der Waals surface area contributed by atoms with E-state index in [0.717, 1.165) is 0 Å². The monoisotopic (exact) mass is 214 g/mol. The van der Waals surface area contributed by atoms with Gasteiger partial charge in [-0.15, -0.1) is 11.8 Å². The van der Waals surface area contributed by atoms with Crippen LogP contribution in [0.4, 0.5) is 0 Å². The Morgan fingerprint density at radius 2 is 2.14 bits per heavy atom. The van der Waals surface area contributed by atoms with Crippen LogP contribution in [0.5, 0.6) is 0 Å². The number of ether oxygens (including phenoxy) is 1. The average molecular weight is 214 g/mol. The molecule has 0 rings (SSSR count). The molecular weight excluding hydrogens is 200 g/mol. The first-order chi connectivity index (χ1) is 6.58. The maximum atomic E-state index is 11.3. The highest BCUT2D eigenvalue weighted by atomic mass is 32.2. The molecule has 14 heavy (non-hydrogen) atoms. The maximum Gasteiger partial charge on any atom is 0.351 e. The predicted octanol–water partition coefficient (Wildman–Crippen LogP) is 1.21. The molecule has 0 aromatic rings. The van der Waals surface area contributed by atoms with Crippen molar-refractivity contribution in [2.45, 2.75) is 6.92 Å². The lowest BCUT2D eigenvalue weighted by atomic mass is 10.3. The SMILES string of the molecule is CCOC(=O)C(C#N)=C(SC)N(C)C. The Labute approximate surface area is 88.5 Å². The molecule has 0 amide bonds. The van der Waals surface area contributed by atoms with Crippen LogP contribution in [-0.4, -0.2) is 37.8 Å². The molecule has 0 aliphatic rings. The fourth-order valence-electron chi connectivity index (χ4n) is 0.892. The second-order valence-corrected chi connectivity index (χ2v) is 3.41. The highest BCUT2D eigenvalue weighted by Gasteiger charge is 2.17. The van der Waals surface area contributed by atoms with Gasteiger partial charge in [0, 0.05) is 14.1 Å². The molecule has 0 aliphatic carbocycles. The first kappa shape index (κ1) is 12.8. The van der Waals surface area contributed by atoms with E-state index in [4.69, 9.17) is 10.00 Å². The summed E-state index contributed by atoms with van der Waals surface area (Å²) in [4.78, 5) is 13.1. The third kappa shape index (κ3) is 3.30. The minimum Gasteiger partial charge on any atom is -0.462 e. The molecule has 0 saturated heterocycles. The minimum atomic E-state index is -0.562. The average Bonchev–Trinajstić information content (AvgIpc) is 2.13. The van der Waals surface area contributed by atoms with Gasteiger partial charge < -0.3 is 9.64 Å². The third-order valence-electron chi connectivity index (χ3n) is 1.40. The zero-order valence-corrected chi connectivity index (χ0v) is 9.64. The van der Waals surface area contributed by atoms with Crippen LogP contribution in [0.15, 0.2) is 10.6 Å². The molecule has 0 saturated carbocycles. The van der Waals surface area contributed by atoms with Gasteiger partial charge in [0.15, 0.2) is 5.57 Å². The second kappa shape index (κ2) is 6.33. The molecule has 0 bridgehead atoms. The van der Waals surface area contributed by atoms with Crippen molar-refractivity contribution in [3.05, 3.63) is 10.6 Å². The number of hydrogen-bond donors (Lipinski definition) is 0. The van der Waals surface area contributed by atoms with Crippen molar-refractivity contribution in [3.8, 4) is 6.07 Å². The fourth-order valence-corrected chi connectivity index (χ4v) is 1.59. The number of carbonyl (C=O) groups is 1. The van der Waals surface area contributed by atoms with Gasteiger partial charge in [0.2, 0.25) is 0 Å². The molecule has 0 spiro atoms. The Hall–Kier alpha value is -1.15. The van der Waals surface area contributed by atoms with Gasteiger partial charge in [0.25, 0.3) is 0 Å². The maximum absolute atomic E-state index is 11.3. The summed E-state index contributed by atoms with van der Waals surface area (Å²) in [6.45, 7) is 1.99. The lowest BCUT2D eigenvalue weighted by molar-refractivity contribution is -0.138. The van der Waals surface area contributed by atoms with Crippen molar-refractivity contribution in [3.63, 3.8) is 0 Å². The van der Waals surface area contributed by atoms with Crippen LogP contribution in [0.3, 0.4) is 0 Å². The summed E-state index contributed by atoms with van der Waals surface area (Å²) in [7, 11) is 3.56. The summed E-state index contributed by atoms with van der Waals surface area (Å²) in [5, 5.41) is 9.44. The zero-order chi connectivity index (χ0) is 11.1. The fraction of sp³-hybridized carbons (Fsp3) is 0.556. The molecule has 78 valence electrons. The van der Waals surface area contributed by atoms with Crippen molar-refractivity contribution in [2.75, 3.05) is 27.0 Å². The van der Waals surface area contributed by atoms with Crippen molar-refractivity contribution in [2.24, 2.45) is 0 Å². The largest absolute Gasteiger partial charge is 0.462 e. The molecular formula is C9H14N2O2S. The van der Waals surface area contributed by atoms with E-state index in [1.165, 1.54) is 11.8 Å². The van der Waals surface area contributed by atoms with E-state index in [9.17, 15) is 4.79 Å². The Morgan fingerprint density at radius 1 is 1.57 bits per heavy atom. The first-order valence-electron chi connectivity index (χ1n) is 4.11. The van der Waals surface area contributed by atoms with E-state index in [0.29, 0.717) is 5.03 Å². The highest BCUT2D eigenvalue weighted by molar-refractivity contribution is 8.02. The highest BCUT2D eigenvalue weighted by Crippen LogP contribution is 2.19. The summed E-state index contributed by atoms with van der Waals surface area (Å²) in [6, 6.07) is 1.86. The third-order valence-corrected chi connectivity index (χ3v) is 2.36. The predicted molar refractivity (Wildman–Crippen MR) is 56.5 cm³/mol. The van der Waals surface area contributed by atoms with E-state index in [1.54, 1.807) is 25.9 Å². The van der Waals surface area contributed by atoms with Crippen molar-refractivity contribution in [1.82, 2.24) is 4.90 Å². The van der Waals surface area contributed by atoms with Gasteiger partial charge in [-0.25, -0.2) is 4.79 Å². The lowest BCUT2D eigenvalue weighted by Crippen LogP contribution is -2.16. The normalized spacial score (nSPS) is 11.4. The molecule has 0 aromatic heterocycles. The summed E-state index contributed by atoms with van der Waals surface area (Å²) in [6.07, 6.45) is 1.81. The zero-order valence-electron chi connectivity index (χ0n) is 8.83. The summed E-state index contributed by atoms with van der Waals surface area (Å²) < 4.78 is 4.77. The van der Waals surface area contributed by atoms with Gasteiger partial charge in [-0.3, -0.25) is 0 Å². The number of nitriles is 1. The van der Waals surface area contributed by atoms with Gasteiger partial charge in [-0.1, -0.05) is 0 Å². The Balaban J connectivity index is 5.01. The molecule has 0 unspecified atom stereocenters. The second-order valence-electron chi connectivity index (χ2n) is 2.61. The first-order valence-corrected chi connectivity index (χ1v) is 5.33. The smallest absolute Gasteiger partial charge is 0.351 e. The number of thioether (sulfide) groups is 1. The van der Waals surface area contributed by atoms with Gasteiger partial charge >= 0.3 is 5.97 Å². The quantitative estimate of drug-likeness (QED) is 0.400. The summed E-state index contributed by atoms with van der Waals surface area (Å²) in [5.74, 6) is -0.562. The number of rotatable bonds is 4. The number of nitrogens with zero attached hydrogens (tertiary/aromatic N) is 2. The van der Waals surface area contributed by atoms with Crippen LogP contribution in [0.25, 0.3) is 0 Å². The molecule has 0 heterocycles. The molecule has 0 aliphatic heterocycles. The number of carbonyl (C=O) groups excluding carboxylic acids is 1. The van der Waals surface area contributed by atoms with Gasteiger partial charge in [-0.2, -0.15) is 5.26 Å². The van der Waals surface area contributed by atoms with Crippen molar-refractivity contribution < 1.29 is 9.53 Å². The van der Waals surface area contributed by atoms with E-state index < -0.39 is 5.97 Å². The van der Waals surface area contributed by atoms with E-state index in [-0.39, 0.29) is 12.2 Å². The molecule has 0 atom stereocenters. The van der Waals surface area contributed by atoms with Crippen molar-refractivity contribution in [1.29, 1.82) is 5.26 Å². The molecule has 0 fully saturated rings. The standard InChI is InChI=1S/C9H14N2O2S/c1-5-13-9(12)7(6-10)8(14-4)11(2)3/h5H2,1-4H3. The van der Waals surface area contributed by atoms with E-state index >= 15 is 0 Å². The molecule has 5 heteroatoms. The van der Waals surface area contributed by atoms with E-state index in [2.05, 4.69) is 0 Å². The van der Waals surface area contributed by atoms with Crippen LogP contribution in [0.1, 0.15) is 6.92 Å². The molecule has 0 N–H and O–H groups in total. The molecule has 0 radical (unpaired) electrons. The van der Waals surface area contributed by atoms with Gasteiger partial charge in [0.05, 0.1) is 11.6 Å². The Bertz CT molecular complexity index is 279. The number of esters is 1. The topological polar surface area (TPSA) is 53.3 Å². The molecule has 4 nitrogen and oxygen atoms in total. The molecule has 0 aromatic carbocycles. The van der Waals surface area contributed by atoms with Crippen molar-refractivity contribution >= 4 is 17.7 Å². The van der Waals surface area contributed by atoms with Crippen LogP contribution in [-0.2, 0) is 9.53 Å². The Morgan fingerprint density at radius 3 is 2.43 bits per heavy atom. The minimum absolute atomic E-state index is 0.0596.